The quantitative estimate of drug-likeness (QED) is 0.299. The maximum Gasteiger partial charge on any atom is 0.0942 e. The van der Waals surface area contributed by atoms with Crippen LogP contribution < -0.4 is 0 Å². The second-order valence-corrected chi connectivity index (χ2v) is 5.71. The van der Waals surface area contributed by atoms with Gasteiger partial charge in [0.25, 0.3) is 0 Å². The van der Waals surface area contributed by atoms with Gasteiger partial charge < -0.3 is 10.2 Å². The molecule has 0 saturated carbocycles. The Morgan fingerprint density at radius 2 is 1.05 bits per heavy atom. The molecule has 0 aliphatic heterocycles. The Labute approximate surface area is 136 Å². The molecule has 0 unspecified atom stereocenters. The van der Waals surface area contributed by atoms with Gasteiger partial charge in [-0.3, -0.25) is 9.68 Å². The van der Waals surface area contributed by atoms with Gasteiger partial charge >= 0.3 is 0 Å². The summed E-state index contributed by atoms with van der Waals surface area (Å²) in [4.78, 5) is 10.5. The Bertz CT molecular complexity index is 197. The van der Waals surface area contributed by atoms with Gasteiger partial charge in [0.05, 0.1) is 33.0 Å². The Morgan fingerprint density at radius 1 is 0.636 bits per heavy atom. The standard InChI is InChI=1S/C17H37NO4/c1-2-3-4-5-6-7-8-9-10-11-12-13-18(21-16-14-19)22-17-15-20/h19-20H,2-17H2,1H3. The summed E-state index contributed by atoms with van der Waals surface area (Å²) >= 11 is 0. The first-order valence-electron chi connectivity index (χ1n) is 9.10. The molecule has 0 aromatic rings. The van der Waals surface area contributed by atoms with Crippen LogP contribution in [0.25, 0.3) is 0 Å². The van der Waals surface area contributed by atoms with Crippen LogP contribution in [-0.4, -0.2) is 48.4 Å². The number of hydrogen-bond donors (Lipinski definition) is 2. The fourth-order valence-corrected chi connectivity index (χ4v) is 2.36. The highest BCUT2D eigenvalue weighted by Gasteiger charge is 2.05. The maximum atomic E-state index is 8.74. The van der Waals surface area contributed by atoms with E-state index in [1.54, 1.807) is 0 Å². The second-order valence-electron chi connectivity index (χ2n) is 5.71. The van der Waals surface area contributed by atoms with E-state index in [4.69, 9.17) is 19.9 Å². The number of hydroxylamine groups is 2. The zero-order valence-corrected chi connectivity index (χ0v) is 14.5. The van der Waals surface area contributed by atoms with Crippen molar-refractivity contribution in [3.63, 3.8) is 0 Å². The molecule has 0 saturated heterocycles. The normalized spacial score (nSPS) is 11.5. The Kier molecular flexibility index (Phi) is 18.7. The lowest BCUT2D eigenvalue weighted by Gasteiger charge is -2.20. The lowest BCUT2D eigenvalue weighted by atomic mass is 10.1. The fraction of sp³-hybridized carbons (Fsp3) is 1.00. The van der Waals surface area contributed by atoms with Crippen LogP contribution in [0.3, 0.4) is 0 Å². The molecule has 0 aromatic heterocycles. The van der Waals surface area contributed by atoms with E-state index in [0.717, 1.165) is 12.8 Å². The van der Waals surface area contributed by atoms with Gasteiger partial charge in [-0.1, -0.05) is 76.4 Å². The van der Waals surface area contributed by atoms with Gasteiger partial charge in [-0.05, 0) is 6.42 Å². The smallest absolute Gasteiger partial charge is 0.0942 e. The molecule has 0 heterocycles. The molecule has 0 fully saturated rings. The lowest BCUT2D eigenvalue weighted by Crippen LogP contribution is -2.28. The average molecular weight is 319 g/mol. The van der Waals surface area contributed by atoms with Crippen LogP contribution >= 0.6 is 0 Å². The third kappa shape index (κ3) is 16.2. The SMILES string of the molecule is CCCCCCCCCCCCCN(OCCO)OCCO. The van der Waals surface area contributed by atoms with Crippen molar-refractivity contribution in [1.29, 1.82) is 0 Å². The molecule has 0 rings (SSSR count). The average Bonchev–Trinajstić information content (AvgIpc) is 2.54. The number of unbranched alkanes of at least 4 members (excludes halogenated alkanes) is 10. The molecule has 0 aliphatic rings. The van der Waals surface area contributed by atoms with Crippen LogP contribution in [0.15, 0.2) is 0 Å². The number of aliphatic hydroxyl groups is 2. The van der Waals surface area contributed by atoms with Crippen LogP contribution in [0, 0.1) is 0 Å². The van der Waals surface area contributed by atoms with Crippen molar-refractivity contribution in [3.05, 3.63) is 0 Å². The van der Waals surface area contributed by atoms with Crippen LogP contribution in [-0.2, 0) is 9.68 Å². The summed E-state index contributed by atoms with van der Waals surface area (Å²) < 4.78 is 0. The molecule has 0 amide bonds. The molecular formula is C17H37NO4. The van der Waals surface area contributed by atoms with E-state index in [9.17, 15) is 0 Å². The zero-order chi connectivity index (χ0) is 16.3. The third-order valence-corrected chi connectivity index (χ3v) is 3.60. The molecule has 0 aromatic carbocycles. The van der Waals surface area contributed by atoms with E-state index in [1.165, 1.54) is 63.0 Å². The van der Waals surface area contributed by atoms with Gasteiger partial charge in [0, 0.05) is 0 Å². The summed E-state index contributed by atoms with van der Waals surface area (Å²) in [7, 11) is 0. The topological polar surface area (TPSA) is 62.2 Å². The lowest BCUT2D eigenvalue weighted by molar-refractivity contribution is -0.371. The minimum Gasteiger partial charge on any atom is -0.394 e. The molecule has 0 spiro atoms. The summed E-state index contributed by atoms with van der Waals surface area (Å²) in [5.41, 5.74) is 0. The van der Waals surface area contributed by atoms with E-state index in [2.05, 4.69) is 6.92 Å². The van der Waals surface area contributed by atoms with Gasteiger partial charge in [-0.2, -0.15) is 0 Å². The van der Waals surface area contributed by atoms with Crippen molar-refractivity contribution in [3.8, 4) is 0 Å². The highest BCUT2D eigenvalue weighted by atomic mass is 16.9. The van der Waals surface area contributed by atoms with Gasteiger partial charge in [-0.25, -0.2) is 0 Å². The predicted molar refractivity (Wildman–Crippen MR) is 89.2 cm³/mol. The molecule has 5 nitrogen and oxygen atoms in total. The maximum absolute atomic E-state index is 8.74. The fourth-order valence-electron chi connectivity index (χ4n) is 2.36. The molecule has 0 radical (unpaired) electrons. The molecule has 2 N–H and O–H groups in total. The zero-order valence-electron chi connectivity index (χ0n) is 14.5. The van der Waals surface area contributed by atoms with Crippen LogP contribution in [0.2, 0.25) is 0 Å². The Hall–Kier alpha value is -0.200. The highest BCUT2D eigenvalue weighted by molar-refractivity contribution is 4.48. The summed E-state index contributed by atoms with van der Waals surface area (Å²) in [5.74, 6) is 0. The van der Waals surface area contributed by atoms with E-state index in [0.29, 0.717) is 6.54 Å². The second kappa shape index (κ2) is 18.8. The van der Waals surface area contributed by atoms with Crippen LogP contribution in [0.5, 0.6) is 0 Å². The van der Waals surface area contributed by atoms with E-state index in [1.807, 2.05) is 0 Å². The van der Waals surface area contributed by atoms with Crippen LogP contribution in [0.1, 0.15) is 77.6 Å². The van der Waals surface area contributed by atoms with E-state index >= 15 is 0 Å². The molecule has 134 valence electrons. The van der Waals surface area contributed by atoms with Crippen LogP contribution in [0.4, 0.5) is 0 Å². The molecule has 0 atom stereocenters. The van der Waals surface area contributed by atoms with E-state index in [-0.39, 0.29) is 26.4 Å². The molecular weight excluding hydrogens is 282 g/mol. The van der Waals surface area contributed by atoms with Gasteiger partial charge in [-0.15, -0.1) is 0 Å². The van der Waals surface area contributed by atoms with E-state index < -0.39 is 0 Å². The summed E-state index contributed by atoms with van der Waals surface area (Å²) in [6, 6.07) is 0. The van der Waals surface area contributed by atoms with Gasteiger partial charge in [0.1, 0.15) is 0 Å². The third-order valence-electron chi connectivity index (χ3n) is 3.60. The van der Waals surface area contributed by atoms with Crippen molar-refractivity contribution < 1.29 is 19.9 Å². The molecule has 0 aliphatic carbocycles. The first-order valence-corrected chi connectivity index (χ1v) is 9.10. The van der Waals surface area contributed by atoms with Crippen molar-refractivity contribution >= 4 is 0 Å². The molecule has 5 heteroatoms. The predicted octanol–water partition coefficient (Wildman–Crippen LogP) is 3.45. The number of aliphatic hydroxyl groups excluding tert-OH is 2. The Morgan fingerprint density at radius 3 is 1.45 bits per heavy atom. The van der Waals surface area contributed by atoms with Gasteiger partial charge in [0.15, 0.2) is 0 Å². The van der Waals surface area contributed by atoms with Crippen molar-refractivity contribution in [2.75, 3.05) is 33.0 Å². The minimum atomic E-state index is -0.0305. The largest absolute Gasteiger partial charge is 0.394 e. The van der Waals surface area contributed by atoms with Gasteiger partial charge in [0.2, 0.25) is 0 Å². The first kappa shape index (κ1) is 21.8. The van der Waals surface area contributed by atoms with Crippen molar-refractivity contribution in [2.24, 2.45) is 0 Å². The minimum absolute atomic E-state index is 0.0305. The monoisotopic (exact) mass is 319 g/mol. The van der Waals surface area contributed by atoms with Crippen molar-refractivity contribution in [1.82, 2.24) is 5.23 Å². The summed E-state index contributed by atoms with van der Waals surface area (Å²) in [6.07, 6.45) is 14.3. The van der Waals surface area contributed by atoms with Crippen molar-refractivity contribution in [2.45, 2.75) is 77.6 Å². The molecule has 22 heavy (non-hydrogen) atoms. The highest BCUT2D eigenvalue weighted by Crippen LogP contribution is 2.11. The molecule has 0 bridgehead atoms. The summed E-state index contributed by atoms with van der Waals surface area (Å²) in [6.45, 7) is 3.32. The number of hydrogen-bond acceptors (Lipinski definition) is 5. The number of nitrogens with zero attached hydrogens (tertiary/aromatic N) is 1. The summed E-state index contributed by atoms with van der Waals surface area (Å²) in [5, 5.41) is 18.9. The first-order chi connectivity index (χ1) is 10.8. The number of rotatable bonds is 18. The Balaban J connectivity index is 3.33.